The van der Waals surface area contributed by atoms with Crippen LogP contribution >= 0.6 is 18.9 Å². The van der Waals surface area contributed by atoms with Crippen LogP contribution in [0, 0.1) is 0 Å². The third kappa shape index (κ3) is 6.12. The first-order chi connectivity index (χ1) is 14.5. The summed E-state index contributed by atoms with van der Waals surface area (Å²) in [6, 6.07) is 15.4. The molecule has 2 aromatic carbocycles. The van der Waals surface area contributed by atoms with Crippen LogP contribution in [0.25, 0.3) is 10.2 Å². The van der Waals surface area contributed by atoms with Crippen LogP contribution in [0.2, 0.25) is 0 Å². The van der Waals surface area contributed by atoms with Crippen molar-refractivity contribution in [1.29, 1.82) is 0 Å². The third-order valence-corrected chi connectivity index (χ3v) is 7.13. The molecule has 0 unspecified atom stereocenters. The SMILES string of the molecule is CCOP(=O)(CNC(=O)c1ccc(CCNc2nc3ccccc3s2)cc1)OCC. The Labute approximate surface area is 180 Å². The van der Waals surface area contributed by atoms with Gasteiger partial charge in [-0.1, -0.05) is 35.6 Å². The molecule has 7 nitrogen and oxygen atoms in total. The molecule has 0 saturated carbocycles. The summed E-state index contributed by atoms with van der Waals surface area (Å²) in [5.74, 6) is -0.311. The second kappa shape index (κ2) is 10.7. The summed E-state index contributed by atoms with van der Waals surface area (Å²) in [7, 11) is -3.30. The predicted octanol–water partition coefficient (Wildman–Crippen LogP) is 4.90. The smallest absolute Gasteiger partial charge is 0.349 e. The third-order valence-electron chi connectivity index (χ3n) is 4.28. The molecule has 0 fully saturated rings. The van der Waals surface area contributed by atoms with Crippen LogP contribution in [0.3, 0.4) is 0 Å². The van der Waals surface area contributed by atoms with Crippen molar-refractivity contribution in [2.45, 2.75) is 20.3 Å². The molecule has 2 N–H and O–H groups in total. The van der Waals surface area contributed by atoms with Crippen molar-refractivity contribution in [2.75, 3.05) is 31.4 Å². The number of benzene rings is 2. The average Bonchev–Trinajstić information content (AvgIpc) is 3.16. The highest BCUT2D eigenvalue weighted by Gasteiger charge is 2.24. The van der Waals surface area contributed by atoms with Crippen LogP contribution in [0.4, 0.5) is 5.13 Å². The van der Waals surface area contributed by atoms with Crippen molar-refractivity contribution in [3.8, 4) is 0 Å². The standard InChI is InChI=1S/C21H26N3O4PS/c1-3-27-29(26,28-4-2)15-23-20(25)17-11-9-16(10-12-17)13-14-22-21-24-18-7-5-6-8-19(18)30-21/h5-12H,3-4,13-15H2,1-2H3,(H,22,24)(H,23,25). The van der Waals surface area contributed by atoms with Gasteiger partial charge in [-0.25, -0.2) is 4.98 Å². The molecule has 0 aliphatic rings. The van der Waals surface area contributed by atoms with Crippen LogP contribution in [-0.4, -0.2) is 36.9 Å². The van der Waals surface area contributed by atoms with E-state index < -0.39 is 7.60 Å². The molecule has 1 heterocycles. The molecule has 0 aliphatic heterocycles. The molecule has 0 atom stereocenters. The molecular formula is C21H26N3O4PS. The molecule has 3 rings (SSSR count). The minimum absolute atomic E-state index is 0.151. The van der Waals surface area contributed by atoms with Crippen molar-refractivity contribution >= 4 is 40.2 Å². The Morgan fingerprint density at radius 1 is 1.07 bits per heavy atom. The van der Waals surface area contributed by atoms with Crippen LogP contribution in [0.5, 0.6) is 0 Å². The number of nitrogens with zero attached hydrogens (tertiary/aromatic N) is 1. The molecular weight excluding hydrogens is 421 g/mol. The first-order valence-corrected chi connectivity index (χ1v) is 12.4. The zero-order valence-corrected chi connectivity index (χ0v) is 18.8. The molecule has 0 aliphatic carbocycles. The molecule has 3 aromatic rings. The number of thiazole rings is 1. The number of amides is 1. The second-order valence-electron chi connectivity index (χ2n) is 6.47. The van der Waals surface area contributed by atoms with Gasteiger partial charge in [0.25, 0.3) is 5.91 Å². The summed E-state index contributed by atoms with van der Waals surface area (Å²) in [6.45, 7) is 4.73. The number of hydrogen-bond acceptors (Lipinski definition) is 7. The van der Waals surface area contributed by atoms with Crippen molar-refractivity contribution < 1.29 is 18.4 Å². The first-order valence-electron chi connectivity index (χ1n) is 9.87. The van der Waals surface area contributed by atoms with Crippen LogP contribution in [0.1, 0.15) is 29.8 Å². The molecule has 160 valence electrons. The maximum absolute atomic E-state index is 12.4. The van der Waals surface area contributed by atoms with Crippen molar-refractivity contribution in [3.63, 3.8) is 0 Å². The lowest BCUT2D eigenvalue weighted by Gasteiger charge is -2.17. The number of rotatable bonds is 11. The van der Waals surface area contributed by atoms with Crippen LogP contribution < -0.4 is 10.6 Å². The summed E-state index contributed by atoms with van der Waals surface area (Å²) in [4.78, 5) is 16.9. The molecule has 1 amide bonds. The fourth-order valence-corrected chi connectivity index (χ4v) is 5.15. The van der Waals surface area contributed by atoms with Crippen molar-refractivity contribution in [1.82, 2.24) is 10.3 Å². The van der Waals surface area contributed by atoms with Gasteiger partial charge in [0.15, 0.2) is 5.13 Å². The lowest BCUT2D eigenvalue weighted by Crippen LogP contribution is -2.25. The predicted molar refractivity (Wildman–Crippen MR) is 121 cm³/mol. The maximum Gasteiger partial charge on any atom is 0.349 e. The normalized spacial score (nSPS) is 11.5. The first kappa shape index (κ1) is 22.4. The Morgan fingerprint density at radius 3 is 2.43 bits per heavy atom. The van der Waals surface area contributed by atoms with Gasteiger partial charge in [0.05, 0.1) is 23.4 Å². The van der Waals surface area contributed by atoms with E-state index in [0.29, 0.717) is 5.56 Å². The van der Waals surface area contributed by atoms with E-state index in [1.807, 2.05) is 30.3 Å². The fourth-order valence-electron chi connectivity index (χ4n) is 2.88. The monoisotopic (exact) mass is 447 g/mol. The second-order valence-corrected chi connectivity index (χ2v) is 9.56. The number of aromatic nitrogens is 1. The van der Waals surface area contributed by atoms with Gasteiger partial charge in [-0.2, -0.15) is 0 Å². The number of hydrogen-bond donors (Lipinski definition) is 2. The Kier molecular flexibility index (Phi) is 7.99. The summed E-state index contributed by atoms with van der Waals surface area (Å²) in [5, 5.41) is 6.89. The van der Waals surface area contributed by atoms with Gasteiger partial charge in [-0.3, -0.25) is 9.36 Å². The van der Waals surface area contributed by atoms with E-state index in [2.05, 4.69) is 21.7 Å². The van der Waals surface area contributed by atoms with Gasteiger partial charge in [-0.15, -0.1) is 0 Å². The topological polar surface area (TPSA) is 89.5 Å². The molecule has 1 aromatic heterocycles. The quantitative estimate of drug-likeness (QED) is 0.406. The van der Waals surface area contributed by atoms with E-state index in [-0.39, 0.29) is 25.4 Å². The highest BCUT2D eigenvalue weighted by Crippen LogP contribution is 2.46. The number of nitrogens with one attached hydrogen (secondary N) is 2. The van der Waals surface area contributed by atoms with Crippen LogP contribution in [0.15, 0.2) is 48.5 Å². The summed E-state index contributed by atoms with van der Waals surface area (Å²) < 4.78 is 24.0. The van der Waals surface area contributed by atoms with E-state index in [9.17, 15) is 9.36 Å². The van der Waals surface area contributed by atoms with Gasteiger partial charge in [0.1, 0.15) is 6.29 Å². The number of fused-ring (bicyclic) bond motifs is 1. The van der Waals surface area contributed by atoms with E-state index in [0.717, 1.165) is 33.9 Å². The van der Waals surface area contributed by atoms with Gasteiger partial charge in [0.2, 0.25) is 0 Å². The minimum atomic E-state index is -3.30. The van der Waals surface area contributed by atoms with Gasteiger partial charge >= 0.3 is 7.60 Å². The van der Waals surface area contributed by atoms with Gasteiger partial charge < -0.3 is 19.7 Å². The average molecular weight is 447 g/mol. The largest absolute Gasteiger partial charge is 0.361 e. The zero-order valence-electron chi connectivity index (χ0n) is 17.1. The maximum atomic E-state index is 12.4. The van der Waals surface area contributed by atoms with E-state index in [4.69, 9.17) is 9.05 Å². The molecule has 30 heavy (non-hydrogen) atoms. The van der Waals surface area contributed by atoms with Gasteiger partial charge in [-0.05, 0) is 50.1 Å². The Bertz CT molecular complexity index is 980. The Hall–Kier alpha value is -2.25. The summed E-state index contributed by atoms with van der Waals surface area (Å²) in [5.41, 5.74) is 2.60. The summed E-state index contributed by atoms with van der Waals surface area (Å²) >= 11 is 1.63. The van der Waals surface area contributed by atoms with Crippen molar-refractivity contribution in [2.24, 2.45) is 0 Å². The number of anilines is 1. The molecule has 9 heteroatoms. The number of carbonyl (C=O) groups is 1. The van der Waals surface area contributed by atoms with Crippen molar-refractivity contribution in [3.05, 3.63) is 59.7 Å². The molecule has 0 saturated heterocycles. The van der Waals surface area contributed by atoms with Gasteiger partial charge in [0, 0.05) is 12.1 Å². The molecule has 0 spiro atoms. The minimum Gasteiger partial charge on any atom is -0.361 e. The van der Waals surface area contributed by atoms with E-state index >= 15 is 0 Å². The highest BCUT2D eigenvalue weighted by atomic mass is 32.1. The lowest BCUT2D eigenvalue weighted by molar-refractivity contribution is 0.0954. The highest BCUT2D eigenvalue weighted by molar-refractivity contribution is 7.53. The number of para-hydroxylation sites is 1. The van der Waals surface area contributed by atoms with Crippen LogP contribution in [-0.2, 0) is 20.0 Å². The molecule has 0 bridgehead atoms. The van der Waals surface area contributed by atoms with E-state index in [1.54, 1.807) is 37.3 Å². The molecule has 0 radical (unpaired) electrons. The summed E-state index contributed by atoms with van der Waals surface area (Å²) in [6.07, 6.45) is 0.656. The lowest BCUT2D eigenvalue weighted by atomic mass is 10.1. The van der Waals surface area contributed by atoms with E-state index in [1.165, 1.54) is 0 Å². The number of carbonyl (C=O) groups excluding carboxylic acids is 1. The Balaban J connectivity index is 1.49. The zero-order chi connectivity index (χ0) is 21.4. The Morgan fingerprint density at radius 2 is 1.77 bits per heavy atom. The fraction of sp³-hybridized carbons (Fsp3) is 0.333.